The van der Waals surface area contributed by atoms with E-state index in [1.807, 2.05) is 20.8 Å². The minimum absolute atomic E-state index is 0.0224. The molecule has 0 aromatic heterocycles. The first-order valence-electron chi connectivity index (χ1n) is 7.10. The van der Waals surface area contributed by atoms with Gasteiger partial charge in [-0.3, -0.25) is 9.35 Å². The van der Waals surface area contributed by atoms with Gasteiger partial charge in [-0.25, -0.2) is 0 Å². The maximum absolute atomic E-state index is 12.3. The fourth-order valence-electron chi connectivity index (χ4n) is 1.88. The van der Waals surface area contributed by atoms with Crippen LogP contribution in [0.1, 0.15) is 61.8 Å². The van der Waals surface area contributed by atoms with Crippen LogP contribution in [0.4, 0.5) is 0 Å². The van der Waals surface area contributed by atoms with E-state index in [-0.39, 0.29) is 16.9 Å². The Labute approximate surface area is 129 Å². The lowest BCUT2D eigenvalue weighted by Gasteiger charge is -2.36. The molecule has 5 nitrogen and oxygen atoms in total. The molecule has 126 valence electrons. The molecule has 21 heavy (non-hydrogen) atoms. The van der Waals surface area contributed by atoms with Crippen LogP contribution in [0, 0.1) is 16.2 Å². The van der Waals surface area contributed by atoms with Crippen LogP contribution >= 0.6 is 0 Å². The van der Waals surface area contributed by atoms with Crippen molar-refractivity contribution in [3.05, 3.63) is 0 Å². The fraction of sp³-hybridized carbons (Fsp3) is 0.933. The van der Waals surface area contributed by atoms with Crippen LogP contribution < -0.4 is 0 Å². The van der Waals surface area contributed by atoms with Gasteiger partial charge in [-0.05, 0) is 31.1 Å². The summed E-state index contributed by atoms with van der Waals surface area (Å²) < 4.78 is 36.6. The van der Waals surface area contributed by atoms with Crippen molar-refractivity contribution in [3.8, 4) is 0 Å². The van der Waals surface area contributed by atoms with Gasteiger partial charge in [-0.2, -0.15) is 8.42 Å². The van der Waals surface area contributed by atoms with E-state index in [1.54, 1.807) is 0 Å². The van der Waals surface area contributed by atoms with Crippen LogP contribution in [-0.4, -0.2) is 30.8 Å². The average molecular weight is 322 g/mol. The zero-order chi connectivity index (χ0) is 17.3. The van der Waals surface area contributed by atoms with E-state index in [0.29, 0.717) is 6.42 Å². The Bertz CT molecular complexity index is 463. The monoisotopic (exact) mass is 322 g/mol. The Hall–Kier alpha value is -0.620. The minimum Gasteiger partial charge on any atom is -0.461 e. The largest absolute Gasteiger partial charge is 0.461 e. The predicted octanol–water partition coefficient (Wildman–Crippen LogP) is 3.29. The molecule has 0 aliphatic carbocycles. The third-order valence-electron chi connectivity index (χ3n) is 3.11. The topological polar surface area (TPSA) is 80.7 Å². The Morgan fingerprint density at radius 2 is 1.48 bits per heavy atom. The van der Waals surface area contributed by atoms with E-state index in [0.717, 1.165) is 0 Å². The lowest BCUT2D eigenvalue weighted by Crippen LogP contribution is -2.41. The fourth-order valence-corrected chi connectivity index (χ4v) is 2.91. The zero-order valence-corrected chi connectivity index (χ0v) is 15.3. The van der Waals surface area contributed by atoms with Gasteiger partial charge in [-0.15, -0.1) is 0 Å². The molecule has 0 rings (SSSR count). The van der Waals surface area contributed by atoms with Crippen molar-refractivity contribution in [3.63, 3.8) is 0 Å². The van der Waals surface area contributed by atoms with Crippen molar-refractivity contribution in [2.75, 3.05) is 5.75 Å². The van der Waals surface area contributed by atoms with Gasteiger partial charge in [0.05, 0.1) is 11.2 Å². The van der Waals surface area contributed by atoms with E-state index in [2.05, 4.69) is 20.8 Å². The van der Waals surface area contributed by atoms with Crippen LogP contribution in [-0.2, 0) is 19.6 Å². The molecule has 0 aromatic carbocycles. The number of ether oxygens (including phenoxy) is 1. The molecule has 0 bridgehead atoms. The molecule has 1 N–H and O–H groups in total. The molecule has 0 saturated heterocycles. The van der Waals surface area contributed by atoms with Crippen LogP contribution in [0.5, 0.6) is 0 Å². The quantitative estimate of drug-likeness (QED) is 0.620. The van der Waals surface area contributed by atoms with Gasteiger partial charge in [0.25, 0.3) is 10.1 Å². The summed E-state index contributed by atoms with van der Waals surface area (Å²) >= 11 is 0. The van der Waals surface area contributed by atoms with E-state index in [1.165, 1.54) is 13.8 Å². The van der Waals surface area contributed by atoms with Crippen LogP contribution in [0.3, 0.4) is 0 Å². The Kier molecular flexibility index (Phi) is 6.06. The standard InChI is InChI=1S/C15H30O5S/c1-13(2,3)9-11(14(4,5)6)20-12(16)15(7,8)10-21(17,18)19/h11H,9-10H2,1-8H3,(H,17,18,19). The molecule has 6 heteroatoms. The summed E-state index contributed by atoms with van der Waals surface area (Å²) in [5, 5.41) is 0. The summed E-state index contributed by atoms with van der Waals surface area (Å²) in [5.41, 5.74) is -1.56. The van der Waals surface area contributed by atoms with Gasteiger partial charge in [-0.1, -0.05) is 41.5 Å². The molecule has 0 aromatic rings. The number of carbonyl (C=O) groups excluding carboxylic acids is 1. The maximum Gasteiger partial charge on any atom is 0.312 e. The molecule has 0 saturated carbocycles. The molecule has 1 unspecified atom stereocenters. The summed E-state index contributed by atoms with van der Waals surface area (Å²) in [5.74, 6) is -1.25. The highest BCUT2D eigenvalue weighted by Gasteiger charge is 2.39. The third kappa shape index (κ3) is 8.41. The summed E-state index contributed by atoms with van der Waals surface area (Å²) in [6.07, 6.45) is 0.343. The molecule has 0 aliphatic heterocycles. The Morgan fingerprint density at radius 1 is 1.05 bits per heavy atom. The lowest BCUT2D eigenvalue weighted by atomic mass is 9.78. The SMILES string of the molecule is CC(C)(C)CC(OC(=O)C(C)(C)CS(=O)(=O)O)C(C)(C)C. The number of rotatable bonds is 5. The zero-order valence-electron chi connectivity index (χ0n) is 14.5. The van der Waals surface area contributed by atoms with Crippen LogP contribution in [0.25, 0.3) is 0 Å². The minimum atomic E-state index is -4.23. The Balaban J connectivity index is 5.14. The molecule has 0 fully saturated rings. The first kappa shape index (κ1) is 20.4. The number of hydrogen-bond donors (Lipinski definition) is 1. The van der Waals surface area contributed by atoms with E-state index in [4.69, 9.17) is 9.29 Å². The Morgan fingerprint density at radius 3 is 1.76 bits per heavy atom. The van der Waals surface area contributed by atoms with Crippen molar-refractivity contribution in [1.82, 2.24) is 0 Å². The summed E-state index contributed by atoms with van der Waals surface area (Å²) in [7, 11) is -4.23. The third-order valence-corrected chi connectivity index (χ3v) is 4.20. The van der Waals surface area contributed by atoms with Gasteiger partial charge in [0.2, 0.25) is 0 Å². The molecule has 0 heterocycles. The second-order valence-electron chi connectivity index (χ2n) is 8.63. The number of carbonyl (C=O) groups is 1. The molecular formula is C15H30O5S. The van der Waals surface area contributed by atoms with Crippen LogP contribution in [0.2, 0.25) is 0 Å². The van der Waals surface area contributed by atoms with Gasteiger partial charge in [0.15, 0.2) is 0 Å². The first-order valence-corrected chi connectivity index (χ1v) is 8.71. The molecule has 0 radical (unpaired) electrons. The number of hydrogen-bond acceptors (Lipinski definition) is 4. The van der Waals surface area contributed by atoms with Gasteiger partial charge < -0.3 is 4.74 Å². The van der Waals surface area contributed by atoms with Crippen molar-refractivity contribution in [1.29, 1.82) is 0 Å². The van der Waals surface area contributed by atoms with Crippen molar-refractivity contribution in [2.45, 2.75) is 67.9 Å². The first-order chi connectivity index (χ1) is 8.94. The summed E-state index contributed by atoms with van der Waals surface area (Å²) in [6.45, 7) is 15.0. The average Bonchev–Trinajstić information content (AvgIpc) is 2.08. The molecule has 0 aliphatic rings. The number of esters is 1. The molecule has 0 amide bonds. The van der Waals surface area contributed by atoms with Gasteiger partial charge in [0, 0.05) is 0 Å². The lowest BCUT2D eigenvalue weighted by molar-refractivity contribution is -0.166. The highest BCUT2D eigenvalue weighted by Crippen LogP contribution is 2.34. The maximum atomic E-state index is 12.3. The second kappa shape index (κ2) is 6.24. The van der Waals surface area contributed by atoms with Crippen molar-refractivity contribution >= 4 is 16.1 Å². The van der Waals surface area contributed by atoms with Gasteiger partial charge >= 0.3 is 5.97 Å². The normalized spacial score (nSPS) is 15.7. The van der Waals surface area contributed by atoms with Crippen molar-refractivity contribution < 1.29 is 22.5 Å². The van der Waals surface area contributed by atoms with E-state index >= 15 is 0 Å². The van der Waals surface area contributed by atoms with Crippen molar-refractivity contribution in [2.24, 2.45) is 16.2 Å². The molecule has 1 atom stereocenters. The predicted molar refractivity (Wildman–Crippen MR) is 83.6 cm³/mol. The smallest absolute Gasteiger partial charge is 0.312 e. The van der Waals surface area contributed by atoms with Gasteiger partial charge in [0.1, 0.15) is 6.10 Å². The molecule has 0 spiro atoms. The molecular weight excluding hydrogens is 292 g/mol. The second-order valence-corrected chi connectivity index (χ2v) is 10.1. The van der Waals surface area contributed by atoms with E-state index in [9.17, 15) is 13.2 Å². The van der Waals surface area contributed by atoms with E-state index < -0.39 is 27.3 Å². The van der Waals surface area contributed by atoms with Crippen LogP contribution in [0.15, 0.2) is 0 Å². The highest BCUT2D eigenvalue weighted by atomic mass is 32.2. The summed E-state index contributed by atoms with van der Waals surface area (Å²) in [6, 6.07) is 0. The summed E-state index contributed by atoms with van der Waals surface area (Å²) in [4.78, 5) is 12.3. The highest BCUT2D eigenvalue weighted by molar-refractivity contribution is 7.85.